The molecule has 0 atom stereocenters. The zero-order valence-corrected chi connectivity index (χ0v) is 20.3. The first-order valence-corrected chi connectivity index (χ1v) is 12.3. The molecule has 0 saturated carbocycles. The molecular formula is C24H30N2O6S. The lowest BCUT2D eigenvalue weighted by atomic mass is 10.00. The predicted octanol–water partition coefficient (Wildman–Crippen LogP) is 3.59. The lowest BCUT2D eigenvalue weighted by Gasteiger charge is -2.26. The van der Waals surface area contributed by atoms with Crippen LogP contribution in [0.15, 0.2) is 35.2 Å². The maximum atomic E-state index is 13.0. The van der Waals surface area contributed by atoms with Crippen molar-refractivity contribution in [1.29, 1.82) is 0 Å². The Kier molecular flexibility index (Phi) is 7.76. The number of ether oxygens (including phenoxy) is 2. The predicted molar refractivity (Wildman–Crippen MR) is 125 cm³/mol. The maximum Gasteiger partial charge on any atom is 0.339 e. The zero-order valence-electron chi connectivity index (χ0n) is 19.4. The maximum absolute atomic E-state index is 13.0. The molecule has 33 heavy (non-hydrogen) atoms. The summed E-state index contributed by atoms with van der Waals surface area (Å²) in [6.07, 6.45) is 2.66. The molecule has 0 spiro atoms. The lowest BCUT2D eigenvalue weighted by molar-refractivity contribution is -0.119. The molecule has 0 aliphatic carbocycles. The van der Waals surface area contributed by atoms with Crippen LogP contribution in [0.25, 0.3) is 0 Å². The van der Waals surface area contributed by atoms with Gasteiger partial charge in [0.1, 0.15) is 5.75 Å². The summed E-state index contributed by atoms with van der Waals surface area (Å²) >= 11 is 0. The lowest BCUT2D eigenvalue weighted by Crippen LogP contribution is -2.35. The van der Waals surface area contributed by atoms with Crippen LogP contribution >= 0.6 is 0 Å². The second-order valence-electron chi connectivity index (χ2n) is 8.22. The van der Waals surface area contributed by atoms with E-state index in [0.717, 1.165) is 36.0 Å². The first-order valence-electron chi connectivity index (χ1n) is 10.9. The number of piperidine rings is 1. The number of hydrogen-bond acceptors (Lipinski definition) is 6. The molecule has 9 heteroatoms. The Morgan fingerprint density at radius 3 is 2.24 bits per heavy atom. The number of carbonyl (C=O) groups is 2. The van der Waals surface area contributed by atoms with Crippen molar-refractivity contribution in [2.24, 2.45) is 0 Å². The smallest absolute Gasteiger partial charge is 0.339 e. The first-order chi connectivity index (χ1) is 15.6. The number of hydrogen-bond donors (Lipinski definition) is 1. The van der Waals surface area contributed by atoms with Crippen LogP contribution in [0.3, 0.4) is 0 Å². The molecule has 0 bridgehead atoms. The normalized spacial score (nSPS) is 14.5. The van der Waals surface area contributed by atoms with Gasteiger partial charge in [0.2, 0.25) is 10.0 Å². The SMILES string of the molecule is COc1ccc(S(=O)(=O)N2CCCCC2)cc1NC(=O)COC(=O)c1c(C)cc(C)cc1C. The summed E-state index contributed by atoms with van der Waals surface area (Å²) in [5.74, 6) is -0.886. The molecule has 2 aromatic carbocycles. The number of carbonyl (C=O) groups excluding carboxylic acids is 2. The molecule has 1 amide bonds. The highest BCUT2D eigenvalue weighted by Crippen LogP contribution is 2.30. The van der Waals surface area contributed by atoms with Gasteiger partial charge in [-0.15, -0.1) is 0 Å². The largest absolute Gasteiger partial charge is 0.495 e. The monoisotopic (exact) mass is 474 g/mol. The first kappa shape index (κ1) is 24.7. The van der Waals surface area contributed by atoms with Crippen LogP contribution in [0.1, 0.15) is 46.3 Å². The zero-order chi connectivity index (χ0) is 24.2. The van der Waals surface area contributed by atoms with Gasteiger partial charge in [-0.2, -0.15) is 4.31 Å². The van der Waals surface area contributed by atoms with Crippen molar-refractivity contribution in [2.45, 2.75) is 44.9 Å². The Bertz CT molecular complexity index is 1130. The van der Waals surface area contributed by atoms with E-state index in [4.69, 9.17) is 9.47 Å². The van der Waals surface area contributed by atoms with Gasteiger partial charge in [-0.05, 0) is 62.9 Å². The Morgan fingerprint density at radius 2 is 1.64 bits per heavy atom. The van der Waals surface area contributed by atoms with E-state index in [0.29, 0.717) is 24.4 Å². The van der Waals surface area contributed by atoms with E-state index in [1.165, 1.54) is 29.6 Å². The number of aryl methyl sites for hydroxylation is 3. The second kappa shape index (κ2) is 10.4. The van der Waals surface area contributed by atoms with Crippen LogP contribution in [0.2, 0.25) is 0 Å². The molecule has 2 aromatic rings. The van der Waals surface area contributed by atoms with E-state index in [9.17, 15) is 18.0 Å². The molecule has 1 aliphatic heterocycles. The Morgan fingerprint density at radius 1 is 1.00 bits per heavy atom. The topological polar surface area (TPSA) is 102 Å². The number of esters is 1. The molecular weight excluding hydrogens is 444 g/mol. The standard InChI is InChI=1S/C24H30N2O6S/c1-16-12-17(2)23(18(3)13-16)24(28)32-15-22(27)25-20-14-19(8-9-21(20)31-4)33(29,30)26-10-6-5-7-11-26/h8-9,12-14H,5-7,10-11,15H2,1-4H3,(H,25,27). The minimum absolute atomic E-state index is 0.0726. The van der Waals surface area contributed by atoms with E-state index >= 15 is 0 Å². The molecule has 1 saturated heterocycles. The van der Waals surface area contributed by atoms with Crippen molar-refractivity contribution in [3.63, 3.8) is 0 Å². The quantitative estimate of drug-likeness (QED) is 0.616. The highest BCUT2D eigenvalue weighted by atomic mass is 32.2. The van der Waals surface area contributed by atoms with Gasteiger partial charge in [-0.3, -0.25) is 4.79 Å². The van der Waals surface area contributed by atoms with Gasteiger partial charge in [0.05, 0.1) is 23.3 Å². The summed E-state index contributed by atoms with van der Waals surface area (Å²) in [4.78, 5) is 25.1. The van der Waals surface area contributed by atoms with Crippen molar-refractivity contribution < 1.29 is 27.5 Å². The molecule has 1 heterocycles. The minimum Gasteiger partial charge on any atom is -0.495 e. The number of rotatable bonds is 7. The van der Waals surface area contributed by atoms with Gasteiger partial charge in [-0.1, -0.05) is 24.1 Å². The molecule has 178 valence electrons. The third kappa shape index (κ3) is 5.72. The molecule has 1 N–H and O–H groups in total. The highest BCUT2D eigenvalue weighted by molar-refractivity contribution is 7.89. The second-order valence-corrected chi connectivity index (χ2v) is 10.2. The Labute approximate surface area is 194 Å². The summed E-state index contributed by atoms with van der Waals surface area (Å²) in [5, 5.41) is 2.60. The van der Waals surface area contributed by atoms with Gasteiger partial charge >= 0.3 is 5.97 Å². The molecule has 3 rings (SSSR count). The van der Waals surface area contributed by atoms with Gasteiger partial charge in [0.25, 0.3) is 5.91 Å². The summed E-state index contributed by atoms with van der Waals surface area (Å²) < 4.78 is 37.9. The molecule has 1 fully saturated rings. The van der Waals surface area contributed by atoms with E-state index < -0.39 is 28.5 Å². The molecule has 0 radical (unpaired) electrons. The van der Waals surface area contributed by atoms with Crippen LogP contribution in [0.4, 0.5) is 5.69 Å². The van der Waals surface area contributed by atoms with Crippen molar-refractivity contribution in [3.8, 4) is 5.75 Å². The fraction of sp³-hybridized carbons (Fsp3) is 0.417. The fourth-order valence-corrected chi connectivity index (χ4v) is 5.63. The van der Waals surface area contributed by atoms with Crippen molar-refractivity contribution in [1.82, 2.24) is 4.31 Å². The van der Waals surface area contributed by atoms with Gasteiger partial charge in [0, 0.05) is 13.1 Å². The number of amides is 1. The number of anilines is 1. The molecule has 8 nitrogen and oxygen atoms in total. The molecule has 0 unspecified atom stereocenters. The third-order valence-corrected chi connectivity index (χ3v) is 7.51. The van der Waals surface area contributed by atoms with Crippen molar-refractivity contribution in [3.05, 3.63) is 52.6 Å². The van der Waals surface area contributed by atoms with Gasteiger partial charge < -0.3 is 14.8 Å². The highest BCUT2D eigenvalue weighted by Gasteiger charge is 2.27. The number of methoxy groups -OCH3 is 1. The third-order valence-electron chi connectivity index (χ3n) is 5.61. The summed E-state index contributed by atoms with van der Waals surface area (Å²) in [7, 11) is -2.26. The van der Waals surface area contributed by atoms with Gasteiger partial charge in [0.15, 0.2) is 6.61 Å². The van der Waals surface area contributed by atoms with E-state index in [1.54, 1.807) is 0 Å². The van der Waals surface area contributed by atoms with Crippen LogP contribution in [-0.4, -0.2) is 51.4 Å². The fourth-order valence-electron chi connectivity index (χ4n) is 4.09. The molecule has 0 aromatic heterocycles. The van der Waals surface area contributed by atoms with Gasteiger partial charge in [-0.25, -0.2) is 13.2 Å². The number of sulfonamides is 1. The van der Waals surface area contributed by atoms with E-state index in [2.05, 4.69) is 5.32 Å². The minimum atomic E-state index is -3.68. The van der Waals surface area contributed by atoms with Crippen molar-refractivity contribution >= 4 is 27.6 Å². The Balaban J connectivity index is 1.72. The summed E-state index contributed by atoms with van der Waals surface area (Å²) in [6.45, 7) is 6.01. The summed E-state index contributed by atoms with van der Waals surface area (Å²) in [5.41, 5.74) is 3.20. The van der Waals surface area contributed by atoms with Crippen LogP contribution < -0.4 is 10.1 Å². The van der Waals surface area contributed by atoms with Crippen molar-refractivity contribution in [2.75, 3.05) is 32.1 Å². The average molecular weight is 475 g/mol. The van der Waals surface area contributed by atoms with Crippen LogP contribution in [0, 0.1) is 20.8 Å². The van der Waals surface area contributed by atoms with E-state index in [1.807, 2.05) is 32.9 Å². The van der Waals surface area contributed by atoms with Crippen LogP contribution in [-0.2, 0) is 19.6 Å². The number of nitrogens with zero attached hydrogens (tertiary/aromatic N) is 1. The number of nitrogens with one attached hydrogen (secondary N) is 1. The molecule has 1 aliphatic rings. The number of benzene rings is 2. The summed E-state index contributed by atoms with van der Waals surface area (Å²) in [6, 6.07) is 8.08. The Hall–Kier alpha value is -2.91. The van der Waals surface area contributed by atoms with Crippen LogP contribution in [0.5, 0.6) is 5.75 Å². The van der Waals surface area contributed by atoms with E-state index in [-0.39, 0.29) is 10.6 Å². The average Bonchev–Trinajstić information content (AvgIpc) is 2.77.